The highest BCUT2D eigenvalue weighted by atomic mass is 32.2. The molecule has 1 heterocycles. The number of benzene rings is 1. The number of nitrogens with zero attached hydrogens (tertiary/aromatic N) is 1. The molecule has 0 aliphatic rings. The standard InChI is InChI=1S/C13H15NO2S/c1-3-10-7-8-11-6-5-9-14-12(11)13(10)17(15,16)4-2/h5-9H,3-4H2,1-2H3. The molecule has 0 saturated heterocycles. The summed E-state index contributed by atoms with van der Waals surface area (Å²) in [5.41, 5.74) is 1.44. The predicted octanol–water partition coefficient (Wildman–Crippen LogP) is 2.59. The van der Waals surface area contributed by atoms with Crippen LogP contribution >= 0.6 is 0 Å². The molecular formula is C13H15NO2S. The minimum atomic E-state index is -3.23. The topological polar surface area (TPSA) is 47.0 Å². The molecule has 2 aromatic rings. The molecule has 1 aromatic heterocycles. The maximum Gasteiger partial charge on any atom is 0.180 e. The van der Waals surface area contributed by atoms with Crippen molar-refractivity contribution in [3.8, 4) is 0 Å². The molecule has 0 bridgehead atoms. The first-order valence-electron chi connectivity index (χ1n) is 5.69. The first-order chi connectivity index (χ1) is 8.10. The van der Waals surface area contributed by atoms with Gasteiger partial charge in [-0.25, -0.2) is 8.42 Å². The summed E-state index contributed by atoms with van der Waals surface area (Å²) in [6.45, 7) is 3.62. The molecule has 0 aliphatic heterocycles. The highest BCUT2D eigenvalue weighted by Gasteiger charge is 2.19. The average molecular weight is 249 g/mol. The maximum atomic E-state index is 12.2. The van der Waals surface area contributed by atoms with Crippen LogP contribution < -0.4 is 0 Å². The van der Waals surface area contributed by atoms with Gasteiger partial charge in [0.1, 0.15) is 0 Å². The van der Waals surface area contributed by atoms with Gasteiger partial charge in [0, 0.05) is 11.6 Å². The Kier molecular flexibility index (Phi) is 3.15. The van der Waals surface area contributed by atoms with Crippen molar-refractivity contribution in [1.82, 2.24) is 4.98 Å². The van der Waals surface area contributed by atoms with Crippen molar-refractivity contribution < 1.29 is 8.42 Å². The fourth-order valence-electron chi connectivity index (χ4n) is 1.93. The van der Waals surface area contributed by atoms with Crippen molar-refractivity contribution in [3.63, 3.8) is 0 Å². The number of hydrogen-bond acceptors (Lipinski definition) is 3. The van der Waals surface area contributed by atoms with Crippen LogP contribution in [0.15, 0.2) is 35.4 Å². The summed E-state index contributed by atoms with van der Waals surface area (Å²) in [6, 6.07) is 7.51. The minimum absolute atomic E-state index is 0.107. The lowest BCUT2D eigenvalue weighted by molar-refractivity contribution is 0.597. The maximum absolute atomic E-state index is 12.2. The van der Waals surface area contributed by atoms with Crippen LogP contribution in [0.4, 0.5) is 0 Å². The zero-order valence-corrected chi connectivity index (χ0v) is 10.8. The van der Waals surface area contributed by atoms with E-state index in [0.717, 1.165) is 10.9 Å². The van der Waals surface area contributed by atoms with Crippen LogP contribution in [0, 0.1) is 0 Å². The molecule has 0 N–H and O–H groups in total. The Morgan fingerprint density at radius 3 is 2.59 bits per heavy atom. The number of hydrogen-bond donors (Lipinski definition) is 0. The second-order valence-electron chi connectivity index (χ2n) is 3.89. The highest BCUT2D eigenvalue weighted by Crippen LogP contribution is 2.26. The van der Waals surface area contributed by atoms with E-state index in [4.69, 9.17) is 0 Å². The van der Waals surface area contributed by atoms with Crippen molar-refractivity contribution in [2.45, 2.75) is 25.2 Å². The number of pyridine rings is 1. The molecule has 0 saturated carbocycles. The Hall–Kier alpha value is -1.42. The molecule has 17 heavy (non-hydrogen) atoms. The van der Waals surface area contributed by atoms with Crippen molar-refractivity contribution in [2.75, 3.05) is 5.75 Å². The predicted molar refractivity (Wildman–Crippen MR) is 68.8 cm³/mol. The van der Waals surface area contributed by atoms with Crippen LogP contribution in [0.5, 0.6) is 0 Å². The van der Waals surface area contributed by atoms with Gasteiger partial charge in [0.2, 0.25) is 0 Å². The van der Waals surface area contributed by atoms with Crippen LogP contribution in [0.1, 0.15) is 19.4 Å². The average Bonchev–Trinajstić information content (AvgIpc) is 2.37. The van der Waals surface area contributed by atoms with Gasteiger partial charge in [-0.2, -0.15) is 0 Å². The van der Waals surface area contributed by atoms with E-state index in [2.05, 4.69) is 4.98 Å². The molecule has 0 aliphatic carbocycles. The first kappa shape index (κ1) is 12.0. The summed E-state index contributed by atoms with van der Waals surface area (Å²) in [4.78, 5) is 4.63. The second kappa shape index (κ2) is 4.45. The minimum Gasteiger partial charge on any atom is -0.255 e. The van der Waals surface area contributed by atoms with Gasteiger partial charge in [-0.05, 0) is 18.1 Å². The zero-order chi connectivity index (χ0) is 12.5. The van der Waals surface area contributed by atoms with E-state index in [1.807, 2.05) is 31.2 Å². The lowest BCUT2D eigenvalue weighted by Crippen LogP contribution is -2.08. The number of sulfone groups is 1. The van der Waals surface area contributed by atoms with Gasteiger partial charge < -0.3 is 0 Å². The SMILES string of the molecule is CCc1ccc2cccnc2c1S(=O)(=O)CC. The van der Waals surface area contributed by atoms with Gasteiger partial charge in [-0.1, -0.05) is 32.0 Å². The molecule has 0 spiro atoms. The molecule has 3 nitrogen and oxygen atoms in total. The third kappa shape index (κ3) is 2.05. The Balaban J connectivity index is 2.91. The Morgan fingerprint density at radius 1 is 1.18 bits per heavy atom. The molecule has 90 valence electrons. The summed E-state index contributed by atoms with van der Waals surface area (Å²) < 4.78 is 24.3. The smallest absolute Gasteiger partial charge is 0.180 e. The van der Waals surface area contributed by atoms with Crippen LogP contribution in [-0.4, -0.2) is 19.2 Å². The largest absolute Gasteiger partial charge is 0.255 e. The molecule has 0 unspecified atom stereocenters. The van der Waals surface area contributed by atoms with Crippen molar-refractivity contribution in [2.24, 2.45) is 0 Å². The lowest BCUT2D eigenvalue weighted by atomic mass is 10.1. The van der Waals surface area contributed by atoms with Crippen LogP contribution in [-0.2, 0) is 16.3 Å². The van der Waals surface area contributed by atoms with Crippen molar-refractivity contribution >= 4 is 20.7 Å². The van der Waals surface area contributed by atoms with E-state index in [1.165, 1.54) is 0 Å². The summed E-state index contributed by atoms with van der Waals surface area (Å²) in [6.07, 6.45) is 2.33. The number of rotatable bonds is 3. The van der Waals surface area contributed by atoms with Gasteiger partial charge in [0.25, 0.3) is 0 Å². The number of aromatic nitrogens is 1. The molecule has 0 atom stereocenters. The van der Waals surface area contributed by atoms with Gasteiger partial charge in [-0.3, -0.25) is 4.98 Å². The van der Waals surface area contributed by atoms with E-state index < -0.39 is 9.84 Å². The third-order valence-electron chi connectivity index (χ3n) is 2.88. The lowest BCUT2D eigenvalue weighted by Gasteiger charge is -2.10. The van der Waals surface area contributed by atoms with E-state index in [1.54, 1.807) is 13.1 Å². The fourth-order valence-corrected chi connectivity index (χ4v) is 3.30. The molecule has 0 fully saturated rings. The van der Waals surface area contributed by atoms with Gasteiger partial charge in [0.15, 0.2) is 9.84 Å². The Morgan fingerprint density at radius 2 is 1.94 bits per heavy atom. The summed E-state index contributed by atoms with van der Waals surface area (Å²) in [5.74, 6) is 0.107. The van der Waals surface area contributed by atoms with Gasteiger partial charge >= 0.3 is 0 Å². The molecule has 0 radical (unpaired) electrons. The zero-order valence-electron chi connectivity index (χ0n) is 9.97. The second-order valence-corrected chi connectivity index (χ2v) is 6.10. The molecule has 1 aromatic carbocycles. The summed E-state index contributed by atoms with van der Waals surface area (Å²) in [7, 11) is -3.23. The number of aryl methyl sites for hydroxylation is 1. The monoisotopic (exact) mass is 249 g/mol. The van der Waals surface area contributed by atoms with E-state index >= 15 is 0 Å². The molecular weight excluding hydrogens is 234 g/mol. The Bertz CT molecular complexity index is 648. The number of fused-ring (bicyclic) bond motifs is 1. The van der Waals surface area contributed by atoms with Crippen molar-refractivity contribution in [3.05, 3.63) is 36.0 Å². The van der Waals surface area contributed by atoms with Crippen LogP contribution in [0.25, 0.3) is 10.9 Å². The quantitative estimate of drug-likeness (QED) is 0.840. The van der Waals surface area contributed by atoms with Gasteiger partial charge in [-0.15, -0.1) is 0 Å². The fraction of sp³-hybridized carbons (Fsp3) is 0.308. The molecule has 4 heteroatoms. The van der Waals surface area contributed by atoms with E-state index in [9.17, 15) is 8.42 Å². The Labute approximate surface area is 101 Å². The summed E-state index contributed by atoms with van der Waals surface area (Å²) in [5, 5.41) is 0.872. The van der Waals surface area contributed by atoms with E-state index in [0.29, 0.717) is 16.8 Å². The van der Waals surface area contributed by atoms with Gasteiger partial charge in [0.05, 0.1) is 16.2 Å². The summed E-state index contributed by atoms with van der Waals surface area (Å²) >= 11 is 0. The van der Waals surface area contributed by atoms with Crippen molar-refractivity contribution in [1.29, 1.82) is 0 Å². The molecule has 0 amide bonds. The normalized spacial score (nSPS) is 11.9. The van der Waals surface area contributed by atoms with E-state index in [-0.39, 0.29) is 5.75 Å². The van der Waals surface area contributed by atoms with Crippen LogP contribution in [0.2, 0.25) is 0 Å². The molecule has 2 rings (SSSR count). The highest BCUT2D eigenvalue weighted by molar-refractivity contribution is 7.91. The third-order valence-corrected chi connectivity index (χ3v) is 4.72. The first-order valence-corrected chi connectivity index (χ1v) is 7.34. The van der Waals surface area contributed by atoms with Crippen LogP contribution in [0.3, 0.4) is 0 Å².